The average Bonchev–Trinajstić information content (AvgIpc) is 2.57. The topological polar surface area (TPSA) is 75.6 Å². The van der Waals surface area contributed by atoms with Gasteiger partial charge in [-0.2, -0.15) is 9.97 Å². The highest BCUT2D eigenvalue weighted by molar-refractivity contribution is 5.86. The van der Waals surface area contributed by atoms with E-state index in [0.29, 0.717) is 22.9 Å². The highest BCUT2D eigenvalue weighted by Gasteiger charge is 2.11. The van der Waals surface area contributed by atoms with Crippen molar-refractivity contribution in [3.05, 3.63) is 41.7 Å². The summed E-state index contributed by atoms with van der Waals surface area (Å²) in [4.78, 5) is 17.7. The smallest absolute Gasteiger partial charge is 0.226 e. The van der Waals surface area contributed by atoms with Crippen molar-refractivity contribution in [3.63, 3.8) is 0 Å². The number of nitrogens with one attached hydrogen (secondary N) is 2. The van der Waals surface area contributed by atoms with Crippen LogP contribution in [0.15, 0.2) is 30.6 Å². The standard InChI is InChI=1S/C18H22N6/c1-4-5-8-21-18-23-16-15(19-9-10-20-16)17(24-18)22-14-7-6-12(2)11-13(14)3/h6-7,9-11H,4-5,8H2,1-3H3,(H2,20,21,22,23,24). The number of fused-ring (bicyclic) bond motifs is 1. The van der Waals surface area contributed by atoms with Crippen LogP contribution in [0, 0.1) is 13.8 Å². The fourth-order valence-electron chi connectivity index (χ4n) is 2.49. The lowest BCUT2D eigenvalue weighted by Crippen LogP contribution is -2.08. The SMILES string of the molecule is CCCCNc1nc(Nc2ccc(C)cc2C)c2nccnc2n1. The van der Waals surface area contributed by atoms with Crippen molar-refractivity contribution in [2.24, 2.45) is 0 Å². The number of aryl methyl sites for hydroxylation is 2. The number of hydrogen-bond donors (Lipinski definition) is 2. The Morgan fingerprint density at radius 3 is 2.67 bits per heavy atom. The molecule has 1 aromatic carbocycles. The molecule has 0 unspecified atom stereocenters. The van der Waals surface area contributed by atoms with Gasteiger partial charge in [-0.1, -0.05) is 31.0 Å². The maximum Gasteiger partial charge on any atom is 0.226 e. The molecule has 6 nitrogen and oxygen atoms in total. The summed E-state index contributed by atoms with van der Waals surface area (Å²) in [6.07, 6.45) is 5.49. The van der Waals surface area contributed by atoms with Gasteiger partial charge in [0, 0.05) is 24.6 Å². The van der Waals surface area contributed by atoms with E-state index >= 15 is 0 Å². The molecule has 124 valence electrons. The van der Waals surface area contributed by atoms with Gasteiger partial charge in [-0.25, -0.2) is 9.97 Å². The molecule has 24 heavy (non-hydrogen) atoms. The Kier molecular flexibility index (Phi) is 4.84. The van der Waals surface area contributed by atoms with Crippen LogP contribution in [-0.4, -0.2) is 26.5 Å². The minimum absolute atomic E-state index is 0.573. The largest absolute Gasteiger partial charge is 0.354 e. The molecule has 6 heteroatoms. The molecule has 0 spiro atoms. The predicted molar refractivity (Wildman–Crippen MR) is 97.7 cm³/mol. The molecule has 0 fully saturated rings. The van der Waals surface area contributed by atoms with E-state index in [0.717, 1.165) is 30.6 Å². The molecule has 0 atom stereocenters. The lowest BCUT2D eigenvalue weighted by molar-refractivity contribution is 0.827. The number of rotatable bonds is 6. The lowest BCUT2D eigenvalue weighted by atomic mass is 10.1. The van der Waals surface area contributed by atoms with Gasteiger partial charge in [-0.05, 0) is 31.9 Å². The first-order valence-corrected chi connectivity index (χ1v) is 8.24. The Labute approximate surface area is 141 Å². The van der Waals surface area contributed by atoms with Crippen LogP contribution >= 0.6 is 0 Å². The fraction of sp³-hybridized carbons (Fsp3) is 0.333. The summed E-state index contributed by atoms with van der Waals surface area (Å²) < 4.78 is 0. The second kappa shape index (κ2) is 7.21. The van der Waals surface area contributed by atoms with Crippen LogP contribution in [-0.2, 0) is 0 Å². The molecule has 3 rings (SSSR count). The number of unbranched alkanes of at least 4 members (excludes halogenated alkanes) is 1. The van der Waals surface area contributed by atoms with Gasteiger partial charge < -0.3 is 10.6 Å². The number of nitrogens with zero attached hydrogens (tertiary/aromatic N) is 4. The average molecular weight is 322 g/mol. The van der Waals surface area contributed by atoms with Crippen molar-refractivity contribution in [3.8, 4) is 0 Å². The normalized spacial score (nSPS) is 10.8. The van der Waals surface area contributed by atoms with Crippen LogP contribution in [0.2, 0.25) is 0 Å². The van der Waals surface area contributed by atoms with E-state index in [-0.39, 0.29) is 0 Å². The zero-order chi connectivity index (χ0) is 16.9. The Morgan fingerprint density at radius 1 is 1.04 bits per heavy atom. The maximum absolute atomic E-state index is 4.60. The lowest BCUT2D eigenvalue weighted by Gasteiger charge is -2.12. The zero-order valence-corrected chi connectivity index (χ0v) is 14.3. The van der Waals surface area contributed by atoms with E-state index in [1.165, 1.54) is 5.56 Å². The number of aromatic nitrogens is 4. The first-order chi connectivity index (χ1) is 11.7. The van der Waals surface area contributed by atoms with Gasteiger partial charge in [0.1, 0.15) is 0 Å². The highest BCUT2D eigenvalue weighted by atomic mass is 15.2. The molecule has 0 saturated carbocycles. The van der Waals surface area contributed by atoms with E-state index < -0.39 is 0 Å². The Bertz CT molecular complexity index is 846. The molecule has 3 aromatic rings. The third-order valence-electron chi connectivity index (χ3n) is 3.78. The van der Waals surface area contributed by atoms with E-state index in [4.69, 9.17) is 0 Å². The third-order valence-corrected chi connectivity index (χ3v) is 3.78. The highest BCUT2D eigenvalue weighted by Crippen LogP contribution is 2.25. The van der Waals surface area contributed by atoms with Crippen LogP contribution in [0.25, 0.3) is 11.2 Å². The van der Waals surface area contributed by atoms with Crippen molar-refractivity contribution < 1.29 is 0 Å². The Balaban J connectivity index is 1.98. The molecule has 2 heterocycles. The minimum atomic E-state index is 0.573. The molecule has 2 N–H and O–H groups in total. The van der Waals surface area contributed by atoms with Crippen LogP contribution in [0.4, 0.5) is 17.5 Å². The number of hydrogen-bond acceptors (Lipinski definition) is 6. The molecular weight excluding hydrogens is 300 g/mol. The molecule has 0 aliphatic rings. The summed E-state index contributed by atoms with van der Waals surface area (Å²) >= 11 is 0. The second-order valence-corrected chi connectivity index (χ2v) is 5.85. The van der Waals surface area contributed by atoms with E-state index in [1.54, 1.807) is 12.4 Å². The van der Waals surface area contributed by atoms with E-state index in [1.807, 2.05) is 0 Å². The Morgan fingerprint density at radius 2 is 1.88 bits per heavy atom. The summed E-state index contributed by atoms with van der Waals surface area (Å²) in [6.45, 7) is 7.15. The molecule has 2 aromatic heterocycles. The summed E-state index contributed by atoms with van der Waals surface area (Å²) in [5.41, 5.74) is 4.64. The van der Waals surface area contributed by atoms with Gasteiger partial charge in [-0.15, -0.1) is 0 Å². The van der Waals surface area contributed by atoms with Gasteiger partial charge in [0.25, 0.3) is 0 Å². The van der Waals surface area contributed by atoms with E-state index in [2.05, 4.69) is 69.5 Å². The third kappa shape index (κ3) is 3.59. The summed E-state index contributed by atoms with van der Waals surface area (Å²) in [6, 6.07) is 6.27. The van der Waals surface area contributed by atoms with Crippen molar-refractivity contribution in [1.82, 2.24) is 19.9 Å². The molecular formula is C18H22N6. The molecule has 0 saturated heterocycles. The maximum atomic E-state index is 4.60. The first kappa shape index (κ1) is 16.1. The second-order valence-electron chi connectivity index (χ2n) is 5.85. The van der Waals surface area contributed by atoms with Crippen LogP contribution < -0.4 is 10.6 Å². The van der Waals surface area contributed by atoms with Crippen LogP contribution in [0.1, 0.15) is 30.9 Å². The minimum Gasteiger partial charge on any atom is -0.354 e. The van der Waals surface area contributed by atoms with Gasteiger partial charge in [0.15, 0.2) is 17.0 Å². The Hall–Kier alpha value is -2.76. The van der Waals surface area contributed by atoms with Crippen molar-refractivity contribution in [1.29, 1.82) is 0 Å². The van der Waals surface area contributed by atoms with Gasteiger partial charge >= 0.3 is 0 Å². The predicted octanol–water partition coefficient (Wildman–Crippen LogP) is 3.99. The summed E-state index contributed by atoms with van der Waals surface area (Å²) in [5.74, 6) is 1.24. The van der Waals surface area contributed by atoms with Crippen molar-refractivity contribution in [2.75, 3.05) is 17.2 Å². The molecule has 0 bridgehead atoms. The number of benzene rings is 1. The monoisotopic (exact) mass is 322 g/mol. The summed E-state index contributed by atoms with van der Waals surface area (Å²) in [7, 11) is 0. The number of anilines is 3. The molecule has 0 aliphatic heterocycles. The quantitative estimate of drug-likeness (QED) is 0.668. The van der Waals surface area contributed by atoms with Gasteiger partial charge in [-0.3, -0.25) is 0 Å². The fourth-order valence-corrected chi connectivity index (χ4v) is 2.49. The molecule has 0 aliphatic carbocycles. The zero-order valence-electron chi connectivity index (χ0n) is 14.3. The van der Waals surface area contributed by atoms with Crippen molar-refractivity contribution in [2.45, 2.75) is 33.6 Å². The van der Waals surface area contributed by atoms with Gasteiger partial charge in [0.05, 0.1) is 0 Å². The van der Waals surface area contributed by atoms with E-state index in [9.17, 15) is 0 Å². The van der Waals surface area contributed by atoms with Crippen molar-refractivity contribution >= 4 is 28.6 Å². The first-order valence-electron chi connectivity index (χ1n) is 8.24. The van der Waals surface area contributed by atoms with Gasteiger partial charge in [0.2, 0.25) is 5.95 Å². The molecule has 0 radical (unpaired) electrons. The van der Waals surface area contributed by atoms with Crippen LogP contribution in [0.5, 0.6) is 0 Å². The molecule has 0 amide bonds. The summed E-state index contributed by atoms with van der Waals surface area (Å²) in [5, 5.41) is 6.64. The van der Waals surface area contributed by atoms with Crippen LogP contribution in [0.3, 0.4) is 0 Å².